The maximum Gasteiger partial charge on any atom is 0.0949 e. The first-order valence-electron chi connectivity index (χ1n) is 6.36. The Morgan fingerprint density at radius 2 is 2.06 bits per heavy atom. The second kappa shape index (κ2) is 6.77. The molecule has 4 heteroatoms. The Bertz CT molecular complexity index is 317. The number of likely N-dealkylation sites (N-methyl/N-ethyl adjacent to an activating group) is 1. The summed E-state index contributed by atoms with van der Waals surface area (Å²) in [7, 11) is 4.22. The molecule has 4 nitrogen and oxygen atoms in total. The summed E-state index contributed by atoms with van der Waals surface area (Å²) in [4.78, 5) is 6.46. The minimum absolute atomic E-state index is 0.521. The van der Waals surface area contributed by atoms with Gasteiger partial charge >= 0.3 is 0 Å². The van der Waals surface area contributed by atoms with Gasteiger partial charge in [-0.15, -0.1) is 0 Å². The lowest BCUT2D eigenvalue weighted by molar-refractivity contribution is 0.281. The van der Waals surface area contributed by atoms with Crippen LogP contribution in [-0.4, -0.2) is 41.1 Å². The number of imidazole rings is 1. The van der Waals surface area contributed by atoms with E-state index >= 15 is 0 Å². The Morgan fingerprint density at radius 3 is 2.65 bits per heavy atom. The Balaban J connectivity index is 2.48. The van der Waals surface area contributed by atoms with Gasteiger partial charge in [0.2, 0.25) is 0 Å². The normalized spacial score (nSPS) is 13.6. The summed E-state index contributed by atoms with van der Waals surface area (Å²) in [5.74, 6) is 0.687. The Morgan fingerprint density at radius 1 is 1.35 bits per heavy atom. The van der Waals surface area contributed by atoms with Crippen LogP contribution in [0.25, 0.3) is 0 Å². The van der Waals surface area contributed by atoms with Gasteiger partial charge in [-0.3, -0.25) is 0 Å². The maximum absolute atomic E-state index is 4.24. The van der Waals surface area contributed by atoms with Crippen molar-refractivity contribution in [2.45, 2.75) is 39.9 Å². The van der Waals surface area contributed by atoms with Crippen molar-refractivity contribution in [3.8, 4) is 0 Å². The van der Waals surface area contributed by atoms with Gasteiger partial charge in [0.25, 0.3) is 0 Å². The fraction of sp³-hybridized carbons (Fsp3) is 0.769. The number of hydrogen-bond donors (Lipinski definition) is 1. The zero-order chi connectivity index (χ0) is 12.8. The van der Waals surface area contributed by atoms with Crippen LogP contribution in [0, 0.1) is 5.92 Å². The Labute approximate surface area is 105 Å². The highest BCUT2D eigenvalue weighted by atomic mass is 15.2. The second-order valence-corrected chi connectivity index (χ2v) is 5.37. The topological polar surface area (TPSA) is 33.1 Å². The third-order valence-electron chi connectivity index (χ3n) is 3.00. The van der Waals surface area contributed by atoms with Crippen molar-refractivity contribution in [1.82, 2.24) is 19.8 Å². The molecule has 0 bridgehead atoms. The van der Waals surface area contributed by atoms with E-state index in [1.807, 2.05) is 12.5 Å². The van der Waals surface area contributed by atoms with Crippen LogP contribution in [0.1, 0.15) is 26.5 Å². The van der Waals surface area contributed by atoms with Crippen LogP contribution < -0.4 is 5.32 Å². The van der Waals surface area contributed by atoms with Gasteiger partial charge in [0.05, 0.1) is 12.0 Å². The molecule has 1 unspecified atom stereocenters. The van der Waals surface area contributed by atoms with Crippen LogP contribution in [0.3, 0.4) is 0 Å². The lowest BCUT2D eigenvalue weighted by Gasteiger charge is -2.21. The fourth-order valence-electron chi connectivity index (χ4n) is 1.60. The molecule has 1 atom stereocenters. The van der Waals surface area contributed by atoms with E-state index in [1.54, 1.807) is 0 Å². The molecule has 0 aliphatic rings. The molecule has 1 aromatic heterocycles. The second-order valence-electron chi connectivity index (χ2n) is 5.37. The molecule has 1 N–H and O–H groups in total. The molecule has 0 fully saturated rings. The number of aromatic nitrogens is 2. The molecule has 0 aliphatic carbocycles. The number of nitrogens with zero attached hydrogens (tertiary/aromatic N) is 3. The zero-order valence-electron chi connectivity index (χ0n) is 11.8. The van der Waals surface area contributed by atoms with Crippen LogP contribution >= 0.6 is 0 Å². The van der Waals surface area contributed by atoms with Crippen molar-refractivity contribution >= 4 is 0 Å². The molecular formula is C13H26N4. The molecule has 0 spiro atoms. The van der Waals surface area contributed by atoms with Gasteiger partial charge in [0.15, 0.2) is 0 Å². The Hall–Kier alpha value is -0.870. The van der Waals surface area contributed by atoms with Crippen molar-refractivity contribution in [3.05, 3.63) is 18.2 Å². The first-order chi connectivity index (χ1) is 8.00. The van der Waals surface area contributed by atoms with E-state index in [2.05, 4.69) is 54.6 Å². The van der Waals surface area contributed by atoms with Crippen LogP contribution in [0.5, 0.6) is 0 Å². The molecule has 0 amide bonds. The van der Waals surface area contributed by atoms with Gasteiger partial charge in [0.1, 0.15) is 0 Å². The van der Waals surface area contributed by atoms with E-state index in [1.165, 1.54) is 5.69 Å². The molecule has 0 radical (unpaired) electrons. The summed E-state index contributed by atoms with van der Waals surface area (Å²) >= 11 is 0. The van der Waals surface area contributed by atoms with Gasteiger partial charge in [0, 0.05) is 25.3 Å². The summed E-state index contributed by atoms with van der Waals surface area (Å²) in [6.07, 6.45) is 3.88. The highest BCUT2D eigenvalue weighted by molar-refractivity contribution is 4.98. The first kappa shape index (κ1) is 14.2. The van der Waals surface area contributed by atoms with Gasteiger partial charge in [-0.2, -0.15) is 0 Å². The SMILES string of the molecule is CC(C)CNCc1cncn1CC(C)N(C)C. The highest BCUT2D eigenvalue weighted by Gasteiger charge is 2.08. The predicted molar refractivity (Wildman–Crippen MR) is 71.9 cm³/mol. The van der Waals surface area contributed by atoms with E-state index in [9.17, 15) is 0 Å². The van der Waals surface area contributed by atoms with E-state index in [0.29, 0.717) is 12.0 Å². The standard InChI is InChI=1S/C13H26N4/c1-11(2)6-14-7-13-8-15-10-17(13)9-12(3)16(4)5/h8,10-12,14H,6-7,9H2,1-5H3. The number of nitrogens with one attached hydrogen (secondary N) is 1. The highest BCUT2D eigenvalue weighted by Crippen LogP contribution is 2.04. The maximum atomic E-state index is 4.24. The summed E-state index contributed by atoms with van der Waals surface area (Å²) in [5.41, 5.74) is 1.26. The van der Waals surface area contributed by atoms with Crippen LogP contribution in [-0.2, 0) is 13.1 Å². The first-order valence-corrected chi connectivity index (χ1v) is 6.36. The van der Waals surface area contributed by atoms with E-state index in [0.717, 1.165) is 19.6 Å². The number of rotatable bonds is 7. The van der Waals surface area contributed by atoms with Crippen molar-refractivity contribution in [3.63, 3.8) is 0 Å². The summed E-state index contributed by atoms with van der Waals surface area (Å²) in [5, 5.41) is 3.46. The van der Waals surface area contributed by atoms with E-state index in [-0.39, 0.29) is 0 Å². The van der Waals surface area contributed by atoms with E-state index in [4.69, 9.17) is 0 Å². The molecule has 0 aliphatic heterocycles. The molecule has 1 heterocycles. The van der Waals surface area contributed by atoms with Crippen molar-refractivity contribution in [2.75, 3.05) is 20.6 Å². The third kappa shape index (κ3) is 4.88. The number of hydrogen-bond acceptors (Lipinski definition) is 3. The Kier molecular flexibility index (Phi) is 5.65. The molecule has 17 heavy (non-hydrogen) atoms. The largest absolute Gasteiger partial charge is 0.332 e. The van der Waals surface area contributed by atoms with Gasteiger partial charge in [-0.1, -0.05) is 13.8 Å². The van der Waals surface area contributed by atoms with Crippen LogP contribution in [0.15, 0.2) is 12.5 Å². The average Bonchev–Trinajstić information content (AvgIpc) is 2.65. The lowest BCUT2D eigenvalue weighted by atomic mass is 10.2. The molecule has 0 saturated carbocycles. The molecule has 0 saturated heterocycles. The van der Waals surface area contributed by atoms with Gasteiger partial charge < -0.3 is 14.8 Å². The molecule has 1 rings (SSSR count). The van der Waals surface area contributed by atoms with Crippen molar-refractivity contribution in [2.24, 2.45) is 5.92 Å². The van der Waals surface area contributed by atoms with Crippen molar-refractivity contribution in [1.29, 1.82) is 0 Å². The van der Waals surface area contributed by atoms with Crippen LogP contribution in [0.4, 0.5) is 0 Å². The quantitative estimate of drug-likeness (QED) is 0.783. The van der Waals surface area contributed by atoms with Crippen LogP contribution in [0.2, 0.25) is 0 Å². The fourth-order valence-corrected chi connectivity index (χ4v) is 1.60. The van der Waals surface area contributed by atoms with Gasteiger partial charge in [-0.25, -0.2) is 4.98 Å². The third-order valence-corrected chi connectivity index (χ3v) is 3.00. The van der Waals surface area contributed by atoms with E-state index < -0.39 is 0 Å². The smallest absolute Gasteiger partial charge is 0.0949 e. The summed E-state index contributed by atoms with van der Waals surface area (Å²) in [6, 6.07) is 0.521. The predicted octanol–water partition coefficient (Wildman–Crippen LogP) is 1.58. The van der Waals surface area contributed by atoms with Crippen molar-refractivity contribution < 1.29 is 0 Å². The minimum Gasteiger partial charge on any atom is -0.332 e. The summed E-state index contributed by atoms with van der Waals surface area (Å²) in [6.45, 7) is 9.61. The zero-order valence-corrected chi connectivity index (χ0v) is 11.8. The minimum atomic E-state index is 0.521. The summed E-state index contributed by atoms with van der Waals surface area (Å²) < 4.78 is 2.23. The lowest BCUT2D eigenvalue weighted by Crippen LogP contribution is -2.30. The van der Waals surface area contributed by atoms with Gasteiger partial charge in [-0.05, 0) is 33.5 Å². The molecular weight excluding hydrogens is 212 g/mol. The average molecular weight is 238 g/mol. The molecule has 1 aromatic rings. The monoisotopic (exact) mass is 238 g/mol. The molecule has 98 valence electrons. The molecule has 0 aromatic carbocycles.